The average Bonchev–Trinajstić information content (AvgIpc) is 2.15. The molecule has 1 aliphatic heterocycles. The lowest BCUT2D eigenvalue weighted by atomic mass is 9.91. The standard InChI is InChI=1S/C13H18N2O/c1-10-9-13(2,3)15(12(16)14-10)11-7-5-4-6-8-11/h4-8,10H,9H2,1-3H3,(H,14,16). The van der Waals surface area contributed by atoms with Gasteiger partial charge in [0.25, 0.3) is 0 Å². The molecule has 3 heteroatoms. The third kappa shape index (κ3) is 1.90. The van der Waals surface area contributed by atoms with Crippen molar-refractivity contribution < 1.29 is 4.79 Å². The monoisotopic (exact) mass is 218 g/mol. The molecular formula is C13H18N2O. The number of hydrogen-bond acceptors (Lipinski definition) is 1. The van der Waals surface area contributed by atoms with E-state index in [1.54, 1.807) is 0 Å². The first-order valence-electron chi connectivity index (χ1n) is 5.66. The molecule has 3 nitrogen and oxygen atoms in total. The van der Waals surface area contributed by atoms with Gasteiger partial charge in [-0.3, -0.25) is 4.90 Å². The molecule has 1 aromatic rings. The van der Waals surface area contributed by atoms with Crippen LogP contribution in [0.2, 0.25) is 0 Å². The van der Waals surface area contributed by atoms with E-state index in [0.717, 1.165) is 12.1 Å². The van der Waals surface area contributed by atoms with Crippen molar-refractivity contribution in [1.82, 2.24) is 5.32 Å². The molecular weight excluding hydrogens is 200 g/mol. The van der Waals surface area contributed by atoms with Crippen molar-refractivity contribution in [2.75, 3.05) is 4.90 Å². The molecule has 2 rings (SSSR count). The van der Waals surface area contributed by atoms with Crippen LogP contribution in [0.3, 0.4) is 0 Å². The van der Waals surface area contributed by atoms with E-state index in [-0.39, 0.29) is 17.6 Å². The number of nitrogens with one attached hydrogen (secondary N) is 1. The normalized spacial score (nSPS) is 24.1. The number of amides is 2. The molecule has 16 heavy (non-hydrogen) atoms. The predicted molar refractivity (Wildman–Crippen MR) is 65.6 cm³/mol. The summed E-state index contributed by atoms with van der Waals surface area (Å²) >= 11 is 0. The highest BCUT2D eigenvalue weighted by atomic mass is 16.2. The molecule has 1 atom stereocenters. The topological polar surface area (TPSA) is 32.3 Å². The van der Waals surface area contributed by atoms with Gasteiger partial charge in [0.15, 0.2) is 0 Å². The summed E-state index contributed by atoms with van der Waals surface area (Å²) in [6, 6.07) is 10.0. The Morgan fingerprint density at radius 3 is 2.50 bits per heavy atom. The third-order valence-corrected chi connectivity index (χ3v) is 3.00. The van der Waals surface area contributed by atoms with Crippen molar-refractivity contribution in [1.29, 1.82) is 0 Å². The first kappa shape index (κ1) is 11.0. The quantitative estimate of drug-likeness (QED) is 0.772. The van der Waals surface area contributed by atoms with Gasteiger partial charge in [-0.15, -0.1) is 0 Å². The summed E-state index contributed by atoms with van der Waals surface area (Å²) in [5.74, 6) is 0. The van der Waals surface area contributed by atoms with Crippen LogP contribution in [0.5, 0.6) is 0 Å². The Hall–Kier alpha value is -1.51. The highest BCUT2D eigenvalue weighted by Gasteiger charge is 2.38. The molecule has 0 spiro atoms. The molecule has 0 saturated carbocycles. The smallest absolute Gasteiger partial charge is 0.322 e. The Kier molecular flexibility index (Phi) is 2.62. The van der Waals surface area contributed by atoms with Crippen LogP contribution >= 0.6 is 0 Å². The van der Waals surface area contributed by atoms with Crippen LogP contribution in [0.4, 0.5) is 10.5 Å². The van der Waals surface area contributed by atoms with Gasteiger partial charge in [0.05, 0.1) is 0 Å². The Morgan fingerprint density at radius 1 is 1.31 bits per heavy atom. The van der Waals surface area contributed by atoms with Gasteiger partial charge < -0.3 is 5.32 Å². The highest BCUT2D eigenvalue weighted by Crippen LogP contribution is 2.30. The fourth-order valence-corrected chi connectivity index (χ4v) is 2.49. The SMILES string of the molecule is CC1CC(C)(C)N(c2ccccc2)C(=O)N1. The van der Waals surface area contributed by atoms with Gasteiger partial charge in [0.2, 0.25) is 0 Å². The number of para-hydroxylation sites is 1. The van der Waals surface area contributed by atoms with Gasteiger partial charge in [0.1, 0.15) is 0 Å². The number of carbonyl (C=O) groups excluding carboxylic acids is 1. The zero-order valence-corrected chi connectivity index (χ0v) is 10.0. The second kappa shape index (κ2) is 3.81. The number of hydrogen-bond donors (Lipinski definition) is 1. The molecule has 86 valence electrons. The summed E-state index contributed by atoms with van der Waals surface area (Å²) in [5.41, 5.74) is 0.820. The van der Waals surface area contributed by atoms with Crippen molar-refractivity contribution in [3.63, 3.8) is 0 Å². The van der Waals surface area contributed by atoms with Crippen molar-refractivity contribution in [3.05, 3.63) is 30.3 Å². The molecule has 1 fully saturated rings. The lowest BCUT2D eigenvalue weighted by molar-refractivity contribution is 0.220. The minimum atomic E-state index is -0.136. The van der Waals surface area contributed by atoms with Crippen LogP contribution in [0.15, 0.2) is 30.3 Å². The first-order valence-corrected chi connectivity index (χ1v) is 5.66. The number of benzene rings is 1. The maximum absolute atomic E-state index is 12.0. The molecule has 1 unspecified atom stereocenters. The predicted octanol–water partition coefficient (Wildman–Crippen LogP) is 2.77. The average molecular weight is 218 g/mol. The molecule has 0 aromatic heterocycles. The lowest BCUT2D eigenvalue weighted by Crippen LogP contribution is -2.61. The molecule has 0 radical (unpaired) electrons. The summed E-state index contributed by atoms with van der Waals surface area (Å²) in [7, 11) is 0. The Labute approximate surface area is 96.5 Å². The van der Waals surface area contributed by atoms with Crippen LogP contribution in [-0.4, -0.2) is 17.6 Å². The van der Waals surface area contributed by atoms with Crippen molar-refractivity contribution >= 4 is 11.7 Å². The van der Waals surface area contributed by atoms with Gasteiger partial charge in [-0.05, 0) is 39.3 Å². The fraction of sp³-hybridized carbons (Fsp3) is 0.462. The van der Waals surface area contributed by atoms with Gasteiger partial charge in [0, 0.05) is 17.3 Å². The number of urea groups is 1. The zero-order chi connectivity index (χ0) is 11.8. The summed E-state index contributed by atoms with van der Waals surface area (Å²) in [4.78, 5) is 13.9. The van der Waals surface area contributed by atoms with Gasteiger partial charge >= 0.3 is 6.03 Å². The largest absolute Gasteiger partial charge is 0.335 e. The van der Waals surface area contributed by atoms with Crippen molar-refractivity contribution in [2.24, 2.45) is 0 Å². The molecule has 1 N–H and O–H groups in total. The molecule has 1 aromatic carbocycles. The van der Waals surface area contributed by atoms with E-state index in [1.807, 2.05) is 42.2 Å². The van der Waals surface area contributed by atoms with Gasteiger partial charge in [-0.1, -0.05) is 18.2 Å². The lowest BCUT2D eigenvalue weighted by Gasteiger charge is -2.45. The second-order valence-electron chi connectivity index (χ2n) is 5.04. The molecule has 1 saturated heterocycles. The van der Waals surface area contributed by atoms with Gasteiger partial charge in [-0.25, -0.2) is 4.79 Å². The first-order chi connectivity index (χ1) is 7.50. The maximum atomic E-state index is 12.0. The summed E-state index contributed by atoms with van der Waals surface area (Å²) < 4.78 is 0. The minimum absolute atomic E-state index is 0.00468. The summed E-state index contributed by atoms with van der Waals surface area (Å²) in [6.45, 7) is 6.26. The fourth-order valence-electron chi connectivity index (χ4n) is 2.49. The van der Waals surface area contributed by atoms with E-state index in [1.165, 1.54) is 0 Å². The van der Waals surface area contributed by atoms with E-state index < -0.39 is 0 Å². The summed E-state index contributed by atoms with van der Waals surface area (Å²) in [5, 5.41) is 2.97. The Bertz CT molecular complexity index is 386. The molecule has 2 amide bonds. The van der Waals surface area contributed by atoms with Crippen LogP contribution in [-0.2, 0) is 0 Å². The molecule has 0 bridgehead atoms. The van der Waals surface area contributed by atoms with Crippen LogP contribution in [0.1, 0.15) is 27.2 Å². The Morgan fingerprint density at radius 2 is 1.94 bits per heavy atom. The zero-order valence-electron chi connectivity index (χ0n) is 10.0. The Balaban J connectivity index is 2.35. The van der Waals surface area contributed by atoms with E-state index in [0.29, 0.717) is 0 Å². The van der Waals surface area contributed by atoms with Crippen LogP contribution in [0, 0.1) is 0 Å². The van der Waals surface area contributed by atoms with Crippen molar-refractivity contribution in [2.45, 2.75) is 38.8 Å². The summed E-state index contributed by atoms with van der Waals surface area (Å²) in [6.07, 6.45) is 0.952. The maximum Gasteiger partial charge on any atom is 0.322 e. The van der Waals surface area contributed by atoms with Crippen LogP contribution in [0.25, 0.3) is 0 Å². The number of nitrogens with zero attached hydrogens (tertiary/aromatic N) is 1. The van der Waals surface area contributed by atoms with E-state index in [9.17, 15) is 4.79 Å². The van der Waals surface area contributed by atoms with Gasteiger partial charge in [-0.2, -0.15) is 0 Å². The van der Waals surface area contributed by atoms with E-state index in [4.69, 9.17) is 0 Å². The third-order valence-electron chi connectivity index (χ3n) is 3.00. The molecule has 1 aliphatic rings. The number of carbonyl (C=O) groups is 1. The minimum Gasteiger partial charge on any atom is -0.335 e. The molecule has 0 aliphatic carbocycles. The highest BCUT2D eigenvalue weighted by molar-refractivity contribution is 5.94. The molecule has 1 heterocycles. The van der Waals surface area contributed by atoms with E-state index in [2.05, 4.69) is 19.2 Å². The van der Waals surface area contributed by atoms with E-state index >= 15 is 0 Å². The van der Waals surface area contributed by atoms with Crippen LogP contribution < -0.4 is 10.2 Å². The second-order valence-corrected chi connectivity index (χ2v) is 5.04. The van der Waals surface area contributed by atoms with Crippen molar-refractivity contribution in [3.8, 4) is 0 Å². The number of rotatable bonds is 1. The number of anilines is 1.